The molecule has 4 nitrogen and oxygen atoms in total. The summed E-state index contributed by atoms with van der Waals surface area (Å²) in [7, 11) is 1.61. The highest BCUT2D eigenvalue weighted by Gasteiger charge is 2.19. The van der Waals surface area contributed by atoms with Crippen molar-refractivity contribution in [3.8, 4) is 0 Å². The molecule has 0 saturated heterocycles. The van der Waals surface area contributed by atoms with Gasteiger partial charge in [-0.3, -0.25) is 4.79 Å². The molecule has 1 aromatic heterocycles. The highest BCUT2D eigenvalue weighted by Crippen LogP contribution is 2.14. The highest BCUT2D eigenvalue weighted by molar-refractivity contribution is 9.10. The van der Waals surface area contributed by atoms with Crippen LogP contribution in [0.4, 0.5) is 0 Å². The molecule has 0 fully saturated rings. The largest absolute Gasteiger partial charge is 0.444 e. The molecule has 1 N–H and O–H groups in total. The lowest BCUT2D eigenvalue weighted by Crippen LogP contribution is -2.39. The molecular formula is C10H14BrNO3. The number of methoxy groups -OCH3 is 1. The number of halogens is 1. The van der Waals surface area contributed by atoms with Crippen LogP contribution in [0.5, 0.6) is 0 Å². The zero-order chi connectivity index (χ0) is 11.5. The minimum Gasteiger partial charge on any atom is -0.444 e. The molecule has 84 valence electrons. The van der Waals surface area contributed by atoms with E-state index in [0.29, 0.717) is 11.2 Å². The first-order valence-corrected chi connectivity index (χ1v) is 5.32. The zero-order valence-corrected chi connectivity index (χ0v) is 10.6. The normalized spacial score (nSPS) is 11.5. The van der Waals surface area contributed by atoms with Crippen LogP contribution in [0.2, 0.25) is 0 Å². The van der Waals surface area contributed by atoms with Crippen molar-refractivity contribution in [3.05, 3.63) is 22.6 Å². The second-order valence-corrected chi connectivity index (χ2v) is 4.53. The van der Waals surface area contributed by atoms with Gasteiger partial charge in [0, 0.05) is 13.7 Å². The standard InChI is InChI=1S/C10H14BrNO3/c1-10(2,14-3)6-12-9(13)7-4-5-8(11)15-7/h4-5H,6H2,1-3H3,(H,12,13). The van der Waals surface area contributed by atoms with Crippen LogP contribution < -0.4 is 5.32 Å². The molecule has 0 aliphatic rings. The SMILES string of the molecule is COC(C)(C)CNC(=O)c1ccc(Br)o1. The third-order valence-corrected chi connectivity index (χ3v) is 2.45. The summed E-state index contributed by atoms with van der Waals surface area (Å²) in [5.74, 6) is 0.0413. The Bertz CT molecular complexity index is 346. The second-order valence-electron chi connectivity index (χ2n) is 3.75. The van der Waals surface area contributed by atoms with Gasteiger partial charge in [-0.1, -0.05) is 0 Å². The average Bonchev–Trinajstić information content (AvgIpc) is 2.61. The van der Waals surface area contributed by atoms with E-state index in [1.54, 1.807) is 19.2 Å². The van der Waals surface area contributed by atoms with Crippen molar-refractivity contribution in [3.63, 3.8) is 0 Å². The number of amides is 1. The molecule has 1 rings (SSSR count). The molecule has 1 aromatic rings. The van der Waals surface area contributed by atoms with E-state index in [9.17, 15) is 4.79 Å². The van der Waals surface area contributed by atoms with E-state index in [1.165, 1.54) is 0 Å². The minimum atomic E-state index is -0.376. The molecular weight excluding hydrogens is 262 g/mol. The number of carbonyl (C=O) groups excluding carboxylic acids is 1. The fraction of sp³-hybridized carbons (Fsp3) is 0.500. The number of nitrogens with one attached hydrogen (secondary N) is 1. The Balaban J connectivity index is 2.50. The van der Waals surface area contributed by atoms with Gasteiger partial charge in [-0.05, 0) is 41.9 Å². The molecule has 5 heteroatoms. The van der Waals surface area contributed by atoms with Crippen LogP contribution in [-0.4, -0.2) is 25.2 Å². The lowest BCUT2D eigenvalue weighted by atomic mass is 10.1. The van der Waals surface area contributed by atoms with Crippen molar-refractivity contribution in [1.82, 2.24) is 5.32 Å². The average molecular weight is 276 g/mol. The molecule has 0 bridgehead atoms. The number of furan rings is 1. The number of carbonyl (C=O) groups is 1. The van der Waals surface area contributed by atoms with Crippen molar-refractivity contribution in [2.75, 3.05) is 13.7 Å². The number of ether oxygens (including phenoxy) is 1. The van der Waals surface area contributed by atoms with Crippen molar-refractivity contribution in [1.29, 1.82) is 0 Å². The number of hydrogen-bond donors (Lipinski definition) is 1. The number of rotatable bonds is 4. The summed E-state index contributed by atoms with van der Waals surface area (Å²) in [5, 5.41) is 2.72. The van der Waals surface area contributed by atoms with Gasteiger partial charge >= 0.3 is 0 Å². The van der Waals surface area contributed by atoms with Crippen LogP contribution in [0.1, 0.15) is 24.4 Å². The summed E-state index contributed by atoms with van der Waals surface area (Å²) in [6.07, 6.45) is 0. The van der Waals surface area contributed by atoms with Gasteiger partial charge in [0.15, 0.2) is 10.4 Å². The van der Waals surface area contributed by atoms with Crippen molar-refractivity contribution in [2.24, 2.45) is 0 Å². The topological polar surface area (TPSA) is 51.5 Å². The van der Waals surface area contributed by atoms with Gasteiger partial charge in [0.25, 0.3) is 5.91 Å². The maximum atomic E-state index is 11.5. The van der Waals surface area contributed by atoms with Crippen LogP contribution in [0.25, 0.3) is 0 Å². The fourth-order valence-electron chi connectivity index (χ4n) is 0.889. The molecule has 0 aliphatic heterocycles. The molecule has 0 aromatic carbocycles. The molecule has 15 heavy (non-hydrogen) atoms. The lowest BCUT2D eigenvalue weighted by molar-refractivity contribution is 0.0225. The van der Waals surface area contributed by atoms with E-state index in [0.717, 1.165) is 0 Å². The Morgan fingerprint density at radius 3 is 2.73 bits per heavy atom. The molecule has 0 spiro atoms. The summed E-state index contributed by atoms with van der Waals surface area (Å²) in [6.45, 7) is 4.22. The Kier molecular flexibility index (Phi) is 3.93. The van der Waals surface area contributed by atoms with Crippen LogP contribution in [0, 0.1) is 0 Å². The summed E-state index contributed by atoms with van der Waals surface area (Å²) in [5.41, 5.74) is -0.376. The molecule has 0 unspecified atom stereocenters. The van der Waals surface area contributed by atoms with Crippen molar-refractivity contribution >= 4 is 21.8 Å². The van der Waals surface area contributed by atoms with Gasteiger partial charge in [0.05, 0.1) is 5.60 Å². The first-order valence-electron chi connectivity index (χ1n) is 4.53. The van der Waals surface area contributed by atoms with Crippen molar-refractivity contribution in [2.45, 2.75) is 19.4 Å². The van der Waals surface area contributed by atoms with Crippen molar-refractivity contribution < 1.29 is 13.9 Å². The van der Waals surface area contributed by atoms with E-state index in [4.69, 9.17) is 9.15 Å². The fourth-order valence-corrected chi connectivity index (χ4v) is 1.20. The van der Waals surface area contributed by atoms with Crippen LogP contribution in [0.3, 0.4) is 0 Å². The maximum Gasteiger partial charge on any atom is 0.287 e. The number of hydrogen-bond acceptors (Lipinski definition) is 3. The van der Waals surface area contributed by atoms with E-state index >= 15 is 0 Å². The zero-order valence-electron chi connectivity index (χ0n) is 8.96. The Morgan fingerprint density at radius 1 is 1.60 bits per heavy atom. The van der Waals surface area contributed by atoms with E-state index in [1.807, 2.05) is 13.8 Å². The maximum absolute atomic E-state index is 11.5. The van der Waals surface area contributed by atoms with E-state index in [-0.39, 0.29) is 17.3 Å². The molecule has 0 saturated carbocycles. The van der Waals surface area contributed by atoms with E-state index in [2.05, 4.69) is 21.2 Å². The van der Waals surface area contributed by atoms with Gasteiger partial charge in [0.1, 0.15) is 0 Å². The van der Waals surface area contributed by atoms with E-state index < -0.39 is 0 Å². The van der Waals surface area contributed by atoms with Gasteiger partial charge in [-0.15, -0.1) is 0 Å². The Labute approximate surface area is 97.1 Å². The molecule has 1 heterocycles. The van der Waals surface area contributed by atoms with Gasteiger partial charge in [-0.25, -0.2) is 0 Å². The highest BCUT2D eigenvalue weighted by atomic mass is 79.9. The third-order valence-electron chi connectivity index (χ3n) is 2.02. The van der Waals surface area contributed by atoms with Gasteiger partial charge in [0.2, 0.25) is 0 Å². The third kappa shape index (κ3) is 3.68. The summed E-state index contributed by atoms with van der Waals surface area (Å²) >= 11 is 3.13. The molecule has 0 aliphatic carbocycles. The summed E-state index contributed by atoms with van der Waals surface area (Å²) in [4.78, 5) is 11.5. The quantitative estimate of drug-likeness (QED) is 0.917. The lowest BCUT2D eigenvalue weighted by Gasteiger charge is -2.22. The van der Waals surface area contributed by atoms with Crippen LogP contribution in [0.15, 0.2) is 21.2 Å². The smallest absolute Gasteiger partial charge is 0.287 e. The first kappa shape index (κ1) is 12.3. The monoisotopic (exact) mass is 275 g/mol. The summed E-state index contributed by atoms with van der Waals surface area (Å²) in [6, 6.07) is 3.29. The summed E-state index contributed by atoms with van der Waals surface area (Å²) < 4.78 is 10.8. The minimum absolute atomic E-state index is 0.245. The second kappa shape index (κ2) is 4.81. The van der Waals surface area contributed by atoms with Crippen LogP contribution in [-0.2, 0) is 4.74 Å². The van der Waals surface area contributed by atoms with Gasteiger partial charge in [-0.2, -0.15) is 0 Å². The van der Waals surface area contributed by atoms with Crippen LogP contribution >= 0.6 is 15.9 Å². The predicted molar refractivity (Wildman–Crippen MR) is 59.8 cm³/mol. The predicted octanol–water partition coefficient (Wildman–Crippen LogP) is 2.20. The molecule has 0 radical (unpaired) electrons. The molecule has 1 amide bonds. The Hall–Kier alpha value is -0.810. The Morgan fingerprint density at radius 2 is 2.27 bits per heavy atom. The molecule has 0 atom stereocenters. The first-order chi connectivity index (χ1) is 6.94. The van der Waals surface area contributed by atoms with Gasteiger partial charge < -0.3 is 14.5 Å².